The summed E-state index contributed by atoms with van der Waals surface area (Å²) in [6, 6.07) is 8.65. The molecule has 0 unspecified atom stereocenters. The maximum atomic E-state index is 13.0. The Kier molecular flexibility index (Phi) is 4.50. The van der Waals surface area contributed by atoms with Crippen LogP contribution in [0.3, 0.4) is 0 Å². The average molecular weight is 360 g/mol. The van der Waals surface area contributed by atoms with Gasteiger partial charge in [0, 0.05) is 11.8 Å². The fourth-order valence-electron chi connectivity index (χ4n) is 2.62. The van der Waals surface area contributed by atoms with Crippen molar-refractivity contribution in [3.05, 3.63) is 70.7 Å². The second kappa shape index (κ2) is 6.62. The van der Waals surface area contributed by atoms with Crippen LogP contribution in [0.25, 0.3) is 5.65 Å². The fourth-order valence-corrected chi connectivity index (χ4v) is 2.62. The Balaban J connectivity index is 1.85. The van der Waals surface area contributed by atoms with E-state index in [0.717, 1.165) is 17.8 Å². The number of imidazole rings is 1. The van der Waals surface area contributed by atoms with E-state index in [4.69, 9.17) is 0 Å². The van der Waals surface area contributed by atoms with Crippen LogP contribution in [0.2, 0.25) is 0 Å². The van der Waals surface area contributed by atoms with Gasteiger partial charge in [-0.15, -0.1) is 0 Å². The molecule has 0 atom stereocenters. The molecule has 0 bridgehead atoms. The highest BCUT2D eigenvalue weighted by Gasteiger charge is 2.32. The van der Waals surface area contributed by atoms with Crippen LogP contribution in [-0.2, 0) is 6.18 Å². The Labute approximate surface area is 147 Å². The summed E-state index contributed by atoms with van der Waals surface area (Å²) in [4.78, 5) is 16.7. The molecule has 0 radical (unpaired) electrons. The second-order valence-electron chi connectivity index (χ2n) is 5.76. The number of aryl methyl sites for hydroxylation is 2. The van der Waals surface area contributed by atoms with E-state index in [1.807, 2.05) is 19.1 Å². The first-order chi connectivity index (χ1) is 12.3. The number of pyridine rings is 1. The van der Waals surface area contributed by atoms with Gasteiger partial charge in [0.2, 0.25) is 0 Å². The Bertz CT molecular complexity index is 1010. The molecule has 0 fully saturated rings. The summed E-state index contributed by atoms with van der Waals surface area (Å²) in [6.07, 6.45) is -1.81. The highest BCUT2D eigenvalue weighted by Crippen LogP contribution is 2.31. The molecule has 1 aromatic carbocycles. The summed E-state index contributed by atoms with van der Waals surface area (Å²) in [5.41, 5.74) is 3.69. The topological polar surface area (TPSA) is 58.8 Å². The molecule has 8 heteroatoms. The van der Waals surface area contributed by atoms with Gasteiger partial charge < -0.3 is 0 Å². The summed E-state index contributed by atoms with van der Waals surface area (Å²) in [5.74, 6) is -0.556. The number of nitrogens with zero attached hydrogens (tertiary/aromatic N) is 3. The van der Waals surface area contributed by atoms with Crippen molar-refractivity contribution in [1.29, 1.82) is 0 Å². The monoisotopic (exact) mass is 360 g/mol. The average Bonchev–Trinajstić information content (AvgIpc) is 2.89. The van der Waals surface area contributed by atoms with E-state index in [0.29, 0.717) is 11.3 Å². The van der Waals surface area contributed by atoms with Crippen molar-refractivity contribution in [3.8, 4) is 0 Å². The molecule has 0 aliphatic rings. The van der Waals surface area contributed by atoms with Crippen LogP contribution in [0.1, 0.15) is 32.9 Å². The van der Waals surface area contributed by atoms with Crippen LogP contribution in [-0.4, -0.2) is 21.5 Å². The van der Waals surface area contributed by atoms with Gasteiger partial charge in [0.1, 0.15) is 11.3 Å². The van der Waals surface area contributed by atoms with Gasteiger partial charge in [-0.1, -0.05) is 18.2 Å². The SMILES string of the molecule is Cc1ccn2c(C(=O)N/N=C/c3ccccc3C(F)(F)F)c(C)nc2c1. The van der Waals surface area contributed by atoms with Gasteiger partial charge in [-0.25, -0.2) is 10.4 Å². The number of amides is 1. The van der Waals surface area contributed by atoms with E-state index in [2.05, 4.69) is 15.5 Å². The highest BCUT2D eigenvalue weighted by molar-refractivity contribution is 5.95. The maximum absolute atomic E-state index is 13.0. The number of halogens is 3. The van der Waals surface area contributed by atoms with E-state index >= 15 is 0 Å². The summed E-state index contributed by atoms with van der Waals surface area (Å²) >= 11 is 0. The number of rotatable bonds is 3. The lowest BCUT2D eigenvalue weighted by Gasteiger charge is -2.09. The molecule has 26 heavy (non-hydrogen) atoms. The molecule has 0 saturated carbocycles. The maximum Gasteiger partial charge on any atom is 0.417 e. The van der Waals surface area contributed by atoms with E-state index in [9.17, 15) is 18.0 Å². The summed E-state index contributed by atoms with van der Waals surface area (Å²) in [7, 11) is 0. The van der Waals surface area contributed by atoms with Crippen molar-refractivity contribution in [2.75, 3.05) is 0 Å². The number of alkyl halides is 3. The molecule has 0 saturated heterocycles. The minimum Gasteiger partial charge on any atom is -0.295 e. The van der Waals surface area contributed by atoms with E-state index in [1.54, 1.807) is 17.5 Å². The number of hydrogen-bond donors (Lipinski definition) is 1. The number of carbonyl (C=O) groups is 1. The molecule has 134 valence electrons. The van der Waals surface area contributed by atoms with Gasteiger partial charge in [0.25, 0.3) is 5.91 Å². The second-order valence-corrected chi connectivity index (χ2v) is 5.76. The van der Waals surface area contributed by atoms with Crippen molar-refractivity contribution >= 4 is 17.8 Å². The first kappa shape index (κ1) is 17.7. The third-order valence-corrected chi connectivity index (χ3v) is 3.81. The van der Waals surface area contributed by atoms with E-state index in [1.165, 1.54) is 18.2 Å². The standard InChI is InChI=1S/C18H15F3N4O/c1-11-7-8-25-15(9-11)23-12(2)16(25)17(26)24-22-10-13-5-3-4-6-14(13)18(19,20)21/h3-10H,1-2H3,(H,24,26)/b22-10+. The lowest BCUT2D eigenvalue weighted by atomic mass is 10.1. The Morgan fingerprint density at radius 3 is 2.69 bits per heavy atom. The van der Waals surface area contributed by atoms with Crippen molar-refractivity contribution in [2.45, 2.75) is 20.0 Å². The quantitative estimate of drug-likeness (QED) is 0.571. The molecule has 5 nitrogen and oxygen atoms in total. The zero-order chi connectivity index (χ0) is 18.9. The fraction of sp³-hybridized carbons (Fsp3) is 0.167. The van der Waals surface area contributed by atoms with Crippen LogP contribution in [0.4, 0.5) is 13.2 Å². The summed E-state index contributed by atoms with van der Waals surface area (Å²) in [6.45, 7) is 3.59. The Morgan fingerprint density at radius 2 is 1.96 bits per heavy atom. The number of hydrazone groups is 1. The van der Waals surface area contributed by atoms with Crippen LogP contribution in [0.5, 0.6) is 0 Å². The molecule has 0 spiro atoms. The van der Waals surface area contributed by atoms with Gasteiger partial charge >= 0.3 is 6.18 Å². The Hall–Kier alpha value is -3.16. The van der Waals surface area contributed by atoms with Crippen LogP contribution < -0.4 is 5.43 Å². The van der Waals surface area contributed by atoms with Crippen LogP contribution >= 0.6 is 0 Å². The van der Waals surface area contributed by atoms with Gasteiger partial charge in [0.05, 0.1) is 17.5 Å². The predicted octanol–water partition coefficient (Wildman–Crippen LogP) is 3.73. The molecule has 1 N–H and O–H groups in total. The lowest BCUT2D eigenvalue weighted by Crippen LogP contribution is -2.21. The van der Waals surface area contributed by atoms with E-state index < -0.39 is 17.6 Å². The van der Waals surface area contributed by atoms with Gasteiger partial charge in [-0.05, 0) is 37.6 Å². The zero-order valence-corrected chi connectivity index (χ0v) is 14.0. The molecule has 0 aliphatic heterocycles. The molecule has 2 heterocycles. The van der Waals surface area contributed by atoms with Gasteiger partial charge in [-0.2, -0.15) is 18.3 Å². The number of aromatic nitrogens is 2. The minimum atomic E-state index is -4.50. The number of fused-ring (bicyclic) bond motifs is 1. The van der Waals surface area contributed by atoms with Crippen LogP contribution in [0.15, 0.2) is 47.7 Å². The lowest BCUT2D eigenvalue weighted by molar-refractivity contribution is -0.137. The molecule has 0 aliphatic carbocycles. The van der Waals surface area contributed by atoms with Gasteiger partial charge in [-0.3, -0.25) is 9.20 Å². The summed E-state index contributed by atoms with van der Waals surface area (Å²) < 4.78 is 40.5. The molecular weight excluding hydrogens is 345 g/mol. The first-order valence-corrected chi connectivity index (χ1v) is 7.72. The van der Waals surface area contributed by atoms with Gasteiger partial charge in [0.15, 0.2) is 0 Å². The summed E-state index contributed by atoms with van der Waals surface area (Å²) in [5, 5.41) is 3.67. The molecule has 2 aromatic heterocycles. The van der Waals surface area contributed by atoms with Crippen LogP contribution in [0, 0.1) is 13.8 Å². The normalized spacial score (nSPS) is 12.0. The smallest absolute Gasteiger partial charge is 0.295 e. The highest BCUT2D eigenvalue weighted by atomic mass is 19.4. The number of benzene rings is 1. The third-order valence-electron chi connectivity index (χ3n) is 3.81. The van der Waals surface area contributed by atoms with Crippen molar-refractivity contribution in [2.24, 2.45) is 5.10 Å². The molecular formula is C18H15F3N4O. The molecule has 3 aromatic rings. The predicted molar refractivity (Wildman–Crippen MR) is 91.2 cm³/mol. The largest absolute Gasteiger partial charge is 0.417 e. The zero-order valence-electron chi connectivity index (χ0n) is 14.0. The third kappa shape index (κ3) is 3.44. The first-order valence-electron chi connectivity index (χ1n) is 7.72. The van der Waals surface area contributed by atoms with E-state index in [-0.39, 0.29) is 11.3 Å². The van der Waals surface area contributed by atoms with Crippen molar-refractivity contribution in [1.82, 2.24) is 14.8 Å². The Morgan fingerprint density at radius 1 is 1.23 bits per heavy atom. The van der Waals surface area contributed by atoms with Crippen molar-refractivity contribution in [3.63, 3.8) is 0 Å². The minimum absolute atomic E-state index is 0.134. The number of nitrogens with one attached hydrogen (secondary N) is 1. The molecule has 1 amide bonds. The number of carbonyl (C=O) groups excluding carboxylic acids is 1. The van der Waals surface area contributed by atoms with Crippen molar-refractivity contribution < 1.29 is 18.0 Å². The molecule has 3 rings (SSSR count). The number of hydrogen-bond acceptors (Lipinski definition) is 3.